The number of carbonyl (C=O) groups is 1. The van der Waals surface area contributed by atoms with Gasteiger partial charge in [0.1, 0.15) is 0 Å². The molecule has 1 aliphatic heterocycles. The minimum Gasteiger partial charge on any atom is -0.357 e. The summed E-state index contributed by atoms with van der Waals surface area (Å²) < 4.78 is 0. The minimum atomic E-state index is 0.0880. The Morgan fingerprint density at radius 2 is 1.67 bits per heavy atom. The van der Waals surface area contributed by atoms with E-state index in [0.717, 1.165) is 43.3 Å². The molecule has 0 aliphatic carbocycles. The number of aliphatic imine (C=N–C) groups is 1. The van der Waals surface area contributed by atoms with Crippen LogP contribution in [0.5, 0.6) is 0 Å². The third-order valence-electron chi connectivity index (χ3n) is 5.92. The van der Waals surface area contributed by atoms with Gasteiger partial charge in [-0.05, 0) is 78.2 Å². The Balaban J connectivity index is 1.96. The fraction of sp³-hybridized carbons (Fsp3) is 0.667. The third-order valence-corrected chi connectivity index (χ3v) is 5.92. The normalized spacial score (nSPS) is 15.7. The molecule has 0 bridgehead atoms. The second-order valence-electron chi connectivity index (χ2n) is 8.58. The number of likely N-dealkylation sites (tertiary alicyclic amines) is 1. The van der Waals surface area contributed by atoms with Crippen LogP contribution >= 0.6 is 0 Å². The van der Waals surface area contributed by atoms with Crippen molar-refractivity contribution < 1.29 is 4.79 Å². The third kappa shape index (κ3) is 7.01. The summed E-state index contributed by atoms with van der Waals surface area (Å²) in [7, 11) is 0. The first-order valence-electron chi connectivity index (χ1n) is 11.6. The molecule has 0 radical (unpaired) electrons. The van der Waals surface area contributed by atoms with Gasteiger partial charge in [0, 0.05) is 37.3 Å². The molecule has 168 valence electrons. The zero-order valence-corrected chi connectivity index (χ0v) is 19.6. The first-order chi connectivity index (χ1) is 14.4. The number of hydrogen-bond donors (Lipinski definition) is 2. The monoisotopic (exact) mass is 415 g/mol. The quantitative estimate of drug-likeness (QED) is 0.479. The van der Waals surface area contributed by atoms with Crippen molar-refractivity contribution >= 4 is 11.9 Å². The summed E-state index contributed by atoms with van der Waals surface area (Å²) in [5, 5.41) is 6.87. The van der Waals surface area contributed by atoms with E-state index < -0.39 is 0 Å². The molecule has 0 unspecified atom stereocenters. The highest BCUT2D eigenvalue weighted by atomic mass is 16.2. The van der Waals surface area contributed by atoms with E-state index in [1.807, 2.05) is 43.0 Å². The number of benzene rings is 1. The predicted molar refractivity (Wildman–Crippen MR) is 126 cm³/mol. The molecule has 1 aliphatic rings. The molecule has 0 atom stereocenters. The van der Waals surface area contributed by atoms with Gasteiger partial charge in [0.15, 0.2) is 5.96 Å². The molecule has 1 heterocycles. The summed E-state index contributed by atoms with van der Waals surface area (Å²) >= 11 is 0. The van der Waals surface area contributed by atoms with E-state index in [2.05, 4.69) is 36.3 Å². The van der Waals surface area contributed by atoms with E-state index in [1.54, 1.807) is 0 Å². The zero-order chi connectivity index (χ0) is 22.0. The standard InChI is InChI=1S/C24H41N5O/c1-6-25-23(27-19-24(4,5)29-16-10-9-11-17-29)26-18-20-12-14-21(15-13-20)22(30)28(7-2)8-3/h12-15H,6-11,16-19H2,1-5H3,(H2,25,26,27). The van der Waals surface area contributed by atoms with E-state index in [9.17, 15) is 4.79 Å². The summed E-state index contributed by atoms with van der Waals surface area (Å²) in [4.78, 5) is 21.6. The van der Waals surface area contributed by atoms with Crippen molar-refractivity contribution in [1.82, 2.24) is 20.4 Å². The topological polar surface area (TPSA) is 60.0 Å². The van der Waals surface area contributed by atoms with Gasteiger partial charge in [-0.15, -0.1) is 0 Å². The van der Waals surface area contributed by atoms with Gasteiger partial charge in [-0.1, -0.05) is 18.6 Å². The molecule has 0 saturated carbocycles. The summed E-state index contributed by atoms with van der Waals surface area (Å²) in [6, 6.07) is 7.82. The van der Waals surface area contributed by atoms with Gasteiger partial charge < -0.3 is 15.5 Å². The lowest BCUT2D eigenvalue weighted by Crippen LogP contribution is -2.54. The lowest BCUT2D eigenvalue weighted by atomic mass is 9.98. The van der Waals surface area contributed by atoms with Crippen LogP contribution in [0.15, 0.2) is 29.3 Å². The van der Waals surface area contributed by atoms with Gasteiger partial charge in [0.25, 0.3) is 5.91 Å². The van der Waals surface area contributed by atoms with Crippen molar-refractivity contribution in [3.8, 4) is 0 Å². The maximum Gasteiger partial charge on any atom is 0.253 e. The van der Waals surface area contributed by atoms with Gasteiger partial charge in [-0.2, -0.15) is 0 Å². The molecule has 6 heteroatoms. The fourth-order valence-corrected chi connectivity index (χ4v) is 3.87. The van der Waals surface area contributed by atoms with Crippen molar-refractivity contribution in [3.05, 3.63) is 35.4 Å². The van der Waals surface area contributed by atoms with Crippen molar-refractivity contribution in [2.45, 2.75) is 66.0 Å². The summed E-state index contributed by atoms with van der Waals surface area (Å²) in [5.41, 5.74) is 1.93. The van der Waals surface area contributed by atoms with E-state index >= 15 is 0 Å². The SMILES string of the molecule is CCNC(=NCc1ccc(C(=O)N(CC)CC)cc1)NCC(C)(C)N1CCCCC1. The Labute approximate surface area is 183 Å². The first kappa shape index (κ1) is 24.2. The number of rotatable bonds is 9. The van der Waals surface area contributed by atoms with Crippen molar-refractivity contribution in [1.29, 1.82) is 0 Å². The lowest BCUT2D eigenvalue weighted by Gasteiger charge is -2.41. The number of nitrogens with zero attached hydrogens (tertiary/aromatic N) is 3. The highest BCUT2D eigenvalue weighted by Crippen LogP contribution is 2.19. The van der Waals surface area contributed by atoms with E-state index in [-0.39, 0.29) is 11.4 Å². The summed E-state index contributed by atoms with van der Waals surface area (Å²) in [5.74, 6) is 0.927. The molecule has 2 rings (SSSR count). The fourth-order valence-electron chi connectivity index (χ4n) is 3.87. The zero-order valence-electron chi connectivity index (χ0n) is 19.6. The average molecular weight is 416 g/mol. The van der Waals surface area contributed by atoms with Crippen LogP contribution in [0, 0.1) is 0 Å². The number of piperidine rings is 1. The Bertz CT molecular complexity index is 673. The molecule has 1 saturated heterocycles. The second-order valence-corrected chi connectivity index (χ2v) is 8.58. The molecule has 0 spiro atoms. The Hall–Kier alpha value is -2.08. The van der Waals surface area contributed by atoms with Crippen LogP contribution in [0.4, 0.5) is 0 Å². The highest BCUT2D eigenvalue weighted by Gasteiger charge is 2.27. The van der Waals surface area contributed by atoms with Crippen LogP contribution in [0.2, 0.25) is 0 Å². The van der Waals surface area contributed by atoms with Gasteiger partial charge in [-0.3, -0.25) is 9.69 Å². The van der Waals surface area contributed by atoms with E-state index in [4.69, 9.17) is 4.99 Å². The van der Waals surface area contributed by atoms with Gasteiger partial charge in [-0.25, -0.2) is 4.99 Å². The molecule has 0 aromatic heterocycles. The number of hydrogen-bond acceptors (Lipinski definition) is 3. The van der Waals surface area contributed by atoms with Crippen LogP contribution < -0.4 is 10.6 Å². The number of guanidine groups is 1. The van der Waals surface area contributed by atoms with Gasteiger partial charge >= 0.3 is 0 Å². The number of nitrogens with one attached hydrogen (secondary N) is 2. The Morgan fingerprint density at radius 3 is 2.23 bits per heavy atom. The summed E-state index contributed by atoms with van der Waals surface area (Å²) in [6.45, 7) is 16.8. The molecule has 1 amide bonds. The number of amides is 1. The average Bonchev–Trinajstić information content (AvgIpc) is 2.77. The van der Waals surface area contributed by atoms with Crippen LogP contribution in [-0.2, 0) is 6.54 Å². The summed E-state index contributed by atoms with van der Waals surface area (Å²) in [6.07, 6.45) is 3.94. The van der Waals surface area contributed by atoms with Gasteiger partial charge in [0.2, 0.25) is 0 Å². The molecular formula is C24H41N5O. The van der Waals surface area contributed by atoms with E-state index in [1.165, 1.54) is 32.4 Å². The second kappa shape index (κ2) is 11.9. The van der Waals surface area contributed by atoms with Crippen LogP contribution in [0.3, 0.4) is 0 Å². The molecular weight excluding hydrogens is 374 g/mol. The highest BCUT2D eigenvalue weighted by molar-refractivity contribution is 5.94. The van der Waals surface area contributed by atoms with Gasteiger partial charge in [0.05, 0.1) is 6.54 Å². The predicted octanol–water partition coefficient (Wildman–Crippen LogP) is 3.49. The largest absolute Gasteiger partial charge is 0.357 e. The molecule has 2 N–H and O–H groups in total. The molecule has 1 aromatic rings. The Kier molecular flexibility index (Phi) is 9.63. The molecule has 30 heavy (non-hydrogen) atoms. The van der Waals surface area contributed by atoms with Crippen molar-refractivity contribution in [3.63, 3.8) is 0 Å². The van der Waals surface area contributed by atoms with Crippen molar-refractivity contribution in [2.24, 2.45) is 4.99 Å². The molecule has 1 aromatic carbocycles. The molecule has 6 nitrogen and oxygen atoms in total. The molecule has 1 fully saturated rings. The maximum atomic E-state index is 12.5. The smallest absolute Gasteiger partial charge is 0.253 e. The lowest BCUT2D eigenvalue weighted by molar-refractivity contribution is 0.0773. The Morgan fingerprint density at radius 1 is 1.03 bits per heavy atom. The van der Waals surface area contributed by atoms with E-state index in [0.29, 0.717) is 6.54 Å². The van der Waals surface area contributed by atoms with Crippen LogP contribution in [0.25, 0.3) is 0 Å². The minimum absolute atomic E-state index is 0.0880. The first-order valence-corrected chi connectivity index (χ1v) is 11.6. The maximum absolute atomic E-state index is 12.5. The van der Waals surface area contributed by atoms with Crippen molar-refractivity contribution in [2.75, 3.05) is 39.3 Å². The van der Waals surface area contributed by atoms with Crippen LogP contribution in [0.1, 0.15) is 69.8 Å². The number of carbonyl (C=O) groups excluding carboxylic acids is 1. The van der Waals surface area contributed by atoms with Crippen LogP contribution in [-0.4, -0.2) is 66.5 Å².